The van der Waals surface area contributed by atoms with Crippen molar-refractivity contribution in [3.63, 3.8) is 0 Å². The Morgan fingerprint density at radius 1 is 1.09 bits per heavy atom. The third-order valence-electron chi connectivity index (χ3n) is 6.30. The Kier molecular flexibility index (Phi) is 5.62. The van der Waals surface area contributed by atoms with Gasteiger partial charge in [-0.05, 0) is 43.2 Å². The molecule has 0 unspecified atom stereocenters. The van der Waals surface area contributed by atoms with Gasteiger partial charge in [0.25, 0.3) is 11.8 Å². The average molecular weight is 510 g/mol. The Balaban J connectivity index is 1.58. The van der Waals surface area contributed by atoms with Crippen LogP contribution in [0.15, 0.2) is 58.7 Å². The number of carbonyl (C=O) groups is 3. The van der Waals surface area contributed by atoms with Gasteiger partial charge in [-0.3, -0.25) is 19.8 Å². The highest BCUT2D eigenvalue weighted by Gasteiger charge is 2.40. The van der Waals surface area contributed by atoms with Gasteiger partial charge in [0.15, 0.2) is 0 Å². The van der Waals surface area contributed by atoms with Gasteiger partial charge in [0, 0.05) is 38.7 Å². The lowest BCUT2D eigenvalue weighted by atomic mass is 10.0. The highest BCUT2D eigenvalue weighted by Crippen LogP contribution is 2.30. The number of nitrogens with zero attached hydrogens (tertiary/aromatic N) is 2. The standard InChI is InChI=1S/C25H21BrFN3O3/c26-17-9-10-22-19(12-17)16(14-29(22)13-15-5-1-4-8-21(15)27)11-20-23(31)28-25(33)30(24(20)32)18-6-2-3-7-18/h1,4-5,8-12,14,18H,2-3,6-7,13H2,(H,28,31,33)/b20-11-. The monoisotopic (exact) mass is 509 g/mol. The summed E-state index contributed by atoms with van der Waals surface area (Å²) in [6.07, 6.45) is 6.72. The zero-order chi connectivity index (χ0) is 23.1. The van der Waals surface area contributed by atoms with Gasteiger partial charge in [0.05, 0.1) is 6.54 Å². The molecule has 1 aromatic heterocycles. The van der Waals surface area contributed by atoms with Gasteiger partial charge < -0.3 is 4.57 Å². The quantitative estimate of drug-likeness (QED) is 0.397. The molecule has 168 valence electrons. The Labute approximate surface area is 198 Å². The van der Waals surface area contributed by atoms with Crippen LogP contribution in [0.25, 0.3) is 17.0 Å². The zero-order valence-corrected chi connectivity index (χ0v) is 19.3. The lowest BCUT2D eigenvalue weighted by Crippen LogP contribution is -2.57. The molecule has 2 fully saturated rings. The molecule has 1 saturated heterocycles. The molecule has 3 aromatic rings. The fourth-order valence-electron chi connectivity index (χ4n) is 4.67. The summed E-state index contributed by atoms with van der Waals surface area (Å²) in [5.41, 5.74) is 1.93. The lowest BCUT2D eigenvalue weighted by molar-refractivity contribution is -0.131. The number of rotatable bonds is 4. The SMILES string of the molecule is O=C1NC(=O)N(C2CCCC2)C(=O)/C1=C\c1cn(Cc2ccccc2F)c2ccc(Br)cc12. The fourth-order valence-corrected chi connectivity index (χ4v) is 5.03. The van der Waals surface area contributed by atoms with Crippen molar-refractivity contribution in [3.8, 4) is 0 Å². The smallest absolute Gasteiger partial charge is 0.331 e. The number of carbonyl (C=O) groups excluding carboxylic acids is 3. The van der Waals surface area contributed by atoms with Crippen molar-refractivity contribution in [3.05, 3.63) is 75.7 Å². The number of benzene rings is 2. The maximum absolute atomic E-state index is 14.3. The summed E-state index contributed by atoms with van der Waals surface area (Å²) in [7, 11) is 0. The van der Waals surface area contributed by atoms with Gasteiger partial charge in [0.1, 0.15) is 11.4 Å². The van der Waals surface area contributed by atoms with E-state index >= 15 is 0 Å². The van der Waals surface area contributed by atoms with E-state index in [1.54, 1.807) is 24.4 Å². The van der Waals surface area contributed by atoms with Crippen LogP contribution in [0.4, 0.5) is 9.18 Å². The van der Waals surface area contributed by atoms with E-state index in [0.29, 0.717) is 17.7 Å². The summed E-state index contributed by atoms with van der Waals surface area (Å²) >= 11 is 3.48. The van der Waals surface area contributed by atoms with Crippen LogP contribution in [0, 0.1) is 5.82 Å². The Morgan fingerprint density at radius 2 is 1.85 bits per heavy atom. The van der Waals surface area contributed by atoms with E-state index in [0.717, 1.165) is 41.1 Å². The number of imide groups is 2. The normalized spacial score (nSPS) is 18.5. The van der Waals surface area contributed by atoms with Crippen LogP contribution in [0.3, 0.4) is 0 Å². The topological polar surface area (TPSA) is 71.4 Å². The number of hydrogen-bond donors (Lipinski definition) is 1. The first kappa shape index (κ1) is 21.6. The summed E-state index contributed by atoms with van der Waals surface area (Å²) in [6, 6.07) is 11.4. The van der Waals surface area contributed by atoms with E-state index in [1.165, 1.54) is 17.0 Å². The largest absolute Gasteiger partial charge is 0.342 e. The van der Waals surface area contributed by atoms with E-state index in [-0.39, 0.29) is 17.4 Å². The number of hydrogen-bond acceptors (Lipinski definition) is 3. The molecule has 33 heavy (non-hydrogen) atoms. The van der Waals surface area contributed by atoms with Crippen LogP contribution in [-0.2, 0) is 16.1 Å². The van der Waals surface area contributed by atoms with E-state index in [9.17, 15) is 18.8 Å². The molecule has 6 nitrogen and oxygen atoms in total. The van der Waals surface area contributed by atoms with Gasteiger partial charge in [-0.15, -0.1) is 0 Å². The van der Waals surface area contributed by atoms with Gasteiger partial charge in [-0.25, -0.2) is 9.18 Å². The molecule has 2 aromatic carbocycles. The molecule has 1 aliphatic heterocycles. The molecule has 2 heterocycles. The molecule has 0 radical (unpaired) electrons. The summed E-state index contributed by atoms with van der Waals surface area (Å²) < 4.78 is 17.0. The van der Waals surface area contributed by atoms with Crippen LogP contribution in [0.1, 0.15) is 36.8 Å². The van der Waals surface area contributed by atoms with Crippen LogP contribution in [0.5, 0.6) is 0 Å². The minimum Gasteiger partial charge on any atom is -0.342 e. The number of nitrogens with one attached hydrogen (secondary N) is 1. The van der Waals surface area contributed by atoms with E-state index in [4.69, 9.17) is 0 Å². The van der Waals surface area contributed by atoms with Crippen molar-refractivity contribution in [1.29, 1.82) is 0 Å². The van der Waals surface area contributed by atoms with Crippen LogP contribution in [-0.4, -0.2) is 33.4 Å². The predicted molar refractivity (Wildman–Crippen MR) is 126 cm³/mol. The van der Waals surface area contributed by atoms with Crippen molar-refractivity contribution in [2.75, 3.05) is 0 Å². The second kappa shape index (κ2) is 8.59. The molecule has 1 aliphatic carbocycles. The molecule has 4 amide bonds. The Morgan fingerprint density at radius 3 is 2.61 bits per heavy atom. The van der Waals surface area contributed by atoms with Crippen LogP contribution >= 0.6 is 15.9 Å². The molecule has 5 rings (SSSR count). The van der Waals surface area contributed by atoms with Crippen LogP contribution < -0.4 is 5.32 Å². The second-order valence-corrected chi connectivity index (χ2v) is 9.31. The summed E-state index contributed by atoms with van der Waals surface area (Å²) in [5, 5.41) is 3.12. The van der Waals surface area contributed by atoms with Crippen molar-refractivity contribution in [1.82, 2.24) is 14.8 Å². The maximum Gasteiger partial charge on any atom is 0.331 e. The molecule has 0 bridgehead atoms. The first-order valence-corrected chi connectivity index (χ1v) is 11.6. The maximum atomic E-state index is 14.3. The van der Waals surface area contributed by atoms with E-state index in [1.807, 2.05) is 22.8 Å². The molecule has 1 saturated carbocycles. The number of halogens is 2. The summed E-state index contributed by atoms with van der Waals surface area (Å²) in [5.74, 6) is -1.58. The fraction of sp³-hybridized carbons (Fsp3) is 0.240. The highest BCUT2D eigenvalue weighted by atomic mass is 79.9. The number of amides is 4. The van der Waals surface area contributed by atoms with Crippen molar-refractivity contribution in [2.45, 2.75) is 38.3 Å². The van der Waals surface area contributed by atoms with Crippen molar-refractivity contribution < 1.29 is 18.8 Å². The molecule has 0 spiro atoms. The average Bonchev–Trinajstić information content (AvgIpc) is 3.41. The third-order valence-corrected chi connectivity index (χ3v) is 6.79. The predicted octanol–water partition coefficient (Wildman–Crippen LogP) is 5.00. The van der Waals surface area contributed by atoms with Crippen molar-refractivity contribution >= 4 is 50.8 Å². The minimum absolute atomic E-state index is 0.0774. The Bertz CT molecular complexity index is 1320. The van der Waals surface area contributed by atoms with Crippen molar-refractivity contribution in [2.24, 2.45) is 0 Å². The van der Waals surface area contributed by atoms with Gasteiger partial charge in [-0.1, -0.05) is 47.0 Å². The number of urea groups is 1. The van der Waals surface area contributed by atoms with E-state index < -0.39 is 17.8 Å². The van der Waals surface area contributed by atoms with Gasteiger partial charge in [-0.2, -0.15) is 0 Å². The first-order valence-electron chi connectivity index (χ1n) is 10.8. The number of aromatic nitrogens is 1. The molecule has 1 N–H and O–H groups in total. The first-order chi connectivity index (χ1) is 15.9. The lowest BCUT2D eigenvalue weighted by Gasteiger charge is -2.31. The molecule has 0 atom stereocenters. The molecular weight excluding hydrogens is 489 g/mol. The van der Waals surface area contributed by atoms with Gasteiger partial charge in [0.2, 0.25) is 0 Å². The second-order valence-electron chi connectivity index (χ2n) is 8.40. The molecular formula is C25H21BrFN3O3. The number of barbiturate groups is 1. The Hall–Kier alpha value is -3.26. The molecule has 8 heteroatoms. The summed E-state index contributed by atoms with van der Waals surface area (Å²) in [4.78, 5) is 39.4. The summed E-state index contributed by atoms with van der Waals surface area (Å²) in [6.45, 7) is 0.292. The highest BCUT2D eigenvalue weighted by molar-refractivity contribution is 9.10. The molecule has 2 aliphatic rings. The van der Waals surface area contributed by atoms with E-state index in [2.05, 4.69) is 21.2 Å². The third kappa shape index (κ3) is 3.99. The minimum atomic E-state index is -0.704. The zero-order valence-electron chi connectivity index (χ0n) is 17.7. The van der Waals surface area contributed by atoms with Gasteiger partial charge >= 0.3 is 6.03 Å². The van der Waals surface area contributed by atoms with Crippen LogP contribution in [0.2, 0.25) is 0 Å². The number of fused-ring (bicyclic) bond motifs is 1.